The van der Waals surface area contributed by atoms with Crippen molar-refractivity contribution in [2.75, 3.05) is 6.61 Å². The van der Waals surface area contributed by atoms with Crippen molar-refractivity contribution in [1.82, 2.24) is 0 Å². The number of phenolic OH excluding ortho intramolecular Hbond substituents is 1. The zero-order chi connectivity index (χ0) is 28.0. The van der Waals surface area contributed by atoms with Crippen molar-refractivity contribution in [3.05, 3.63) is 50.9 Å². The quantitative estimate of drug-likeness (QED) is 0.318. The van der Waals surface area contributed by atoms with Crippen molar-refractivity contribution in [1.29, 1.82) is 0 Å². The summed E-state index contributed by atoms with van der Waals surface area (Å²) in [5, 5.41) is 34.0. The van der Waals surface area contributed by atoms with Crippen LogP contribution in [0.25, 0.3) is 21.7 Å². The Kier molecular flexibility index (Phi) is 4.64. The van der Waals surface area contributed by atoms with Crippen molar-refractivity contribution < 1.29 is 48.3 Å². The van der Waals surface area contributed by atoms with Gasteiger partial charge in [-0.15, -0.1) is 0 Å². The van der Waals surface area contributed by atoms with E-state index in [-0.39, 0.29) is 51.9 Å². The molecule has 1 aliphatic carbocycles. The molecule has 11 nitrogen and oxygen atoms in total. The molecule has 3 aromatic rings. The summed E-state index contributed by atoms with van der Waals surface area (Å²) in [4.78, 5) is 39.3. The lowest BCUT2D eigenvalue weighted by molar-refractivity contribution is -0.169. The van der Waals surface area contributed by atoms with E-state index < -0.39 is 53.3 Å². The van der Waals surface area contributed by atoms with E-state index in [4.69, 9.17) is 23.4 Å². The minimum absolute atomic E-state index is 0.0298. The molecule has 2 aromatic carbocycles. The number of benzene rings is 2. The highest BCUT2D eigenvalue weighted by molar-refractivity contribution is 6.14. The first-order chi connectivity index (χ1) is 19.0. The third-order valence-electron chi connectivity index (χ3n) is 9.29. The number of rotatable bonds is 3. The lowest BCUT2D eigenvalue weighted by Gasteiger charge is -2.38. The molecular weight excluding hydrogens is 524 g/mol. The van der Waals surface area contributed by atoms with Crippen LogP contribution in [0.3, 0.4) is 0 Å². The molecule has 0 saturated carbocycles. The Morgan fingerprint density at radius 1 is 1.05 bits per heavy atom. The Hall–Kier alpha value is -3.19. The van der Waals surface area contributed by atoms with Gasteiger partial charge in [0.15, 0.2) is 34.3 Å². The maximum Gasteiger partial charge on any atom is 0.195 e. The Bertz CT molecular complexity index is 1750. The van der Waals surface area contributed by atoms with Crippen LogP contribution in [-0.2, 0) is 29.3 Å². The summed E-state index contributed by atoms with van der Waals surface area (Å²) in [5.74, 6) is -1.01. The van der Waals surface area contributed by atoms with Gasteiger partial charge in [-0.1, -0.05) is 0 Å². The van der Waals surface area contributed by atoms with Crippen LogP contribution in [0.1, 0.15) is 53.6 Å². The van der Waals surface area contributed by atoms with E-state index in [1.54, 1.807) is 13.0 Å². The maximum atomic E-state index is 13.6. The zero-order valence-corrected chi connectivity index (χ0v) is 21.8. The van der Waals surface area contributed by atoms with Gasteiger partial charge in [0, 0.05) is 34.4 Å². The average molecular weight is 551 g/mol. The number of fused-ring (bicyclic) bond motifs is 5. The monoisotopic (exact) mass is 550 g/mol. The molecule has 5 heterocycles. The number of carbonyl (C=O) groups excluding carboxylic acids is 2. The number of hydrogen-bond donors (Lipinski definition) is 3. The normalized spacial score (nSPS) is 39.8. The van der Waals surface area contributed by atoms with Crippen LogP contribution < -0.4 is 5.43 Å². The molecule has 4 aliphatic heterocycles. The standard InChI is InChI=1S/C29H26O11/c1-9-4-11-12(24-19(9)14(30)6-17(38-24)28(3)26(39-28)16-8-36-16)5-13-20(22(11)33)25(35)29(27(40-29)23(13)34)18-7-15(31)21(32)10(2)37-18/h4-6,10,16,18,21,25-27,32-33,35H,7-8H2,1-3H3. The van der Waals surface area contributed by atoms with Crippen LogP contribution in [0.15, 0.2) is 27.4 Å². The molecule has 0 spiro atoms. The number of hydrogen-bond acceptors (Lipinski definition) is 11. The summed E-state index contributed by atoms with van der Waals surface area (Å²) in [5.41, 5.74) is -1.96. The van der Waals surface area contributed by atoms with Crippen LogP contribution in [0, 0.1) is 6.92 Å². The summed E-state index contributed by atoms with van der Waals surface area (Å²) in [6.45, 7) is 5.64. The van der Waals surface area contributed by atoms with E-state index in [1.165, 1.54) is 19.1 Å². The fourth-order valence-electron chi connectivity index (χ4n) is 6.83. The predicted octanol–water partition coefficient (Wildman–Crippen LogP) is 1.45. The number of phenols is 1. The number of Topliss-reactive ketones (excluding diaryl/α,β-unsaturated/α-hetero) is 2. The first kappa shape index (κ1) is 24.6. The van der Waals surface area contributed by atoms with Crippen LogP contribution in [0.5, 0.6) is 5.75 Å². The number of ether oxygens (including phenoxy) is 4. The molecule has 9 atom stereocenters. The fraction of sp³-hybridized carbons (Fsp3) is 0.483. The van der Waals surface area contributed by atoms with E-state index in [2.05, 4.69) is 0 Å². The maximum absolute atomic E-state index is 13.6. The third-order valence-corrected chi connectivity index (χ3v) is 9.29. The van der Waals surface area contributed by atoms with Gasteiger partial charge >= 0.3 is 0 Å². The molecule has 11 heteroatoms. The van der Waals surface area contributed by atoms with E-state index in [0.29, 0.717) is 28.7 Å². The Morgan fingerprint density at radius 2 is 1.80 bits per heavy atom. The highest BCUT2D eigenvalue weighted by Crippen LogP contribution is 2.60. The van der Waals surface area contributed by atoms with Crippen LogP contribution in [0.2, 0.25) is 0 Å². The number of aromatic hydroxyl groups is 1. The fourth-order valence-corrected chi connectivity index (χ4v) is 6.83. The largest absolute Gasteiger partial charge is 0.507 e. The van der Waals surface area contributed by atoms with Crippen molar-refractivity contribution in [2.24, 2.45) is 0 Å². The van der Waals surface area contributed by atoms with Gasteiger partial charge < -0.3 is 38.7 Å². The minimum atomic E-state index is -1.57. The second-order valence-corrected chi connectivity index (χ2v) is 11.7. The molecule has 208 valence electrons. The zero-order valence-electron chi connectivity index (χ0n) is 21.8. The predicted molar refractivity (Wildman–Crippen MR) is 135 cm³/mol. The second kappa shape index (κ2) is 7.55. The van der Waals surface area contributed by atoms with Gasteiger partial charge in [0.2, 0.25) is 0 Å². The Morgan fingerprint density at radius 3 is 2.50 bits per heavy atom. The highest BCUT2D eigenvalue weighted by Gasteiger charge is 2.74. The summed E-state index contributed by atoms with van der Waals surface area (Å²) in [6.07, 6.45) is -6.30. The highest BCUT2D eigenvalue weighted by atomic mass is 16.7. The minimum Gasteiger partial charge on any atom is -0.507 e. The van der Waals surface area contributed by atoms with Crippen molar-refractivity contribution in [3.8, 4) is 5.75 Å². The molecular formula is C29H26O11. The molecule has 0 bridgehead atoms. The van der Waals surface area contributed by atoms with Crippen LogP contribution in [-0.4, -0.2) is 75.7 Å². The molecule has 4 fully saturated rings. The number of epoxide rings is 3. The van der Waals surface area contributed by atoms with Gasteiger partial charge in [-0.3, -0.25) is 14.4 Å². The van der Waals surface area contributed by atoms with Gasteiger partial charge in [0.25, 0.3) is 0 Å². The second-order valence-electron chi connectivity index (χ2n) is 11.7. The summed E-state index contributed by atoms with van der Waals surface area (Å²) >= 11 is 0. The van der Waals surface area contributed by atoms with Crippen molar-refractivity contribution in [3.63, 3.8) is 0 Å². The van der Waals surface area contributed by atoms with Gasteiger partial charge in [0.05, 0.1) is 24.2 Å². The Labute approximate surface area is 226 Å². The van der Waals surface area contributed by atoms with Gasteiger partial charge in [0.1, 0.15) is 41.5 Å². The summed E-state index contributed by atoms with van der Waals surface area (Å²) in [7, 11) is 0. The van der Waals surface area contributed by atoms with E-state index in [1.807, 2.05) is 6.92 Å². The van der Waals surface area contributed by atoms with Crippen LogP contribution in [0.4, 0.5) is 0 Å². The molecule has 3 N–H and O–H groups in total. The molecule has 9 unspecified atom stereocenters. The number of ketones is 2. The van der Waals surface area contributed by atoms with Gasteiger partial charge in [-0.05, 0) is 38.5 Å². The van der Waals surface area contributed by atoms with Gasteiger partial charge in [-0.25, -0.2) is 0 Å². The Balaban J connectivity index is 1.30. The van der Waals surface area contributed by atoms with Crippen LogP contribution >= 0.6 is 0 Å². The first-order valence-electron chi connectivity index (χ1n) is 13.3. The average Bonchev–Trinajstić information content (AvgIpc) is 3.79. The number of carbonyl (C=O) groups is 2. The lowest BCUT2D eigenvalue weighted by atomic mass is 9.74. The topological polar surface area (TPSA) is 172 Å². The summed E-state index contributed by atoms with van der Waals surface area (Å²) < 4.78 is 29.1. The van der Waals surface area contributed by atoms with E-state index in [9.17, 15) is 29.7 Å². The molecule has 0 radical (unpaired) electrons. The van der Waals surface area contributed by atoms with E-state index in [0.717, 1.165) is 0 Å². The van der Waals surface area contributed by atoms with Crippen molar-refractivity contribution >= 4 is 33.3 Å². The molecule has 0 amide bonds. The number of aliphatic hydroxyl groups is 2. The van der Waals surface area contributed by atoms with E-state index >= 15 is 0 Å². The number of aryl methyl sites for hydroxylation is 1. The molecule has 5 aliphatic rings. The number of aliphatic hydroxyl groups excluding tert-OH is 2. The van der Waals surface area contributed by atoms with Crippen molar-refractivity contribution in [2.45, 2.75) is 81.1 Å². The third kappa shape index (κ3) is 2.97. The smallest absolute Gasteiger partial charge is 0.195 e. The molecule has 1 aromatic heterocycles. The molecule has 8 rings (SSSR count). The molecule has 4 saturated heterocycles. The molecule has 40 heavy (non-hydrogen) atoms. The SMILES string of the molecule is Cc1cc2c(O)c3c(cc2c2oc(C4(C)OC4C4CO4)cc(=O)c12)C(=O)C1OC1(C1CC(=O)C(O)C(C)O1)C3O. The first-order valence-corrected chi connectivity index (χ1v) is 13.3. The van der Waals surface area contributed by atoms with Gasteiger partial charge in [-0.2, -0.15) is 0 Å². The summed E-state index contributed by atoms with van der Waals surface area (Å²) in [6, 6.07) is 4.53. The lowest BCUT2D eigenvalue weighted by Crippen LogP contribution is -2.53.